The summed E-state index contributed by atoms with van der Waals surface area (Å²) >= 11 is 0. The van der Waals surface area contributed by atoms with Crippen LogP contribution < -0.4 is 10.1 Å². The molecule has 1 amide bonds. The van der Waals surface area contributed by atoms with Crippen molar-refractivity contribution in [1.82, 2.24) is 0 Å². The number of nitrogens with one attached hydrogen (secondary N) is 1. The molecule has 0 aromatic heterocycles. The summed E-state index contributed by atoms with van der Waals surface area (Å²) in [6.07, 6.45) is 0.979. The average Bonchev–Trinajstić information content (AvgIpc) is 3.21. The smallest absolute Gasteiger partial charge is 0.227 e. The topological polar surface area (TPSA) is 38.3 Å². The first-order chi connectivity index (χ1) is 10.1. The highest BCUT2D eigenvalue weighted by molar-refractivity contribution is 5.95. The summed E-state index contributed by atoms with van der Waals surface area (Å²) in [7, 11) is 0. The molecule has 21 heavy (non-hydrogen) atoms. The number of benzene rings is 2. The van der Waals surface area contributed by atoms with E-state index in [9.17, 15) is 4.79 Å². The van der Waals surface area contributed by atoms with Crippen molar-refractivity contribution in [2.75, 3.05) is 5.32 Å². The lowest BCUT2D eigenvalue weighted by Gasteiger charge is -2.12. The molecule has 108 valence electrons. The molecule has 0 spiro atoms. The minimum Gasteiger partial charge on any atom is -0.455 e. The van der Waals surface area contributed by atoms with Gasteiger partial charge in [0.05, 0.1) is 5.69 Å². The number of aryl methyl sites for hydroxylation is 1. The molecule has 2 aromatic rings. The first kappa shape index (κ1) is 13.7. The van der Waals surface area contributed by atoms with Gasteiger partial charge in [-0.05, 0) is 43.5 Å². The molecule has 3 nitrogen and oxygen atoms in total. The Morgan fingerprint density at radius 2 is 1.81 bits per heavy atom. The fourth-order valence-electron chi connectivity index (χ4n) is 2.31. The molecule has 0 aliphatic heterocycles. The van der Waals surface area contributed by atoms with Crippen LogP contribution in [-0.4, -0.2) is 5.91 Å². The van der Waals surface area contributed by atoms with Crippen molar-refractivity contribution in [2.45, 2.75) is 20.3 Å². The largest absolute Gasteiger partial charge is 0.455 e. The maximum Gasteiger partial charge on any atom is 0.227 e. The Morgan fingerprint density at radius 1 is 1.14 bits per heavy atom. The van der Waals surface area contributed by atoms with Gasteiger partial charge in [-0.2, -0.15) is 0 Å². The van der Waals surface area contributed by atoms with Crippen molar-refractivity contribution in [3.63, 3.8) is 0 Å². The van der Waals surface area contributed by atoms with Gasteiger partial charge >= 0.3 is 0 Å². The molecule has 1 aliphatic carbocycles. The van der Waals surface area contributed by atoms with Gasteiger partial charge in [-0.25, -0.2) is 0 Å². The zero-order valence-electron chi connectivity index (χ0n) is 12.3. The molecule has 0 bridgehead atoms. The number of para-hydroxylation sites is 2. The standard InChI is InChI=1S/C18H19NO2/c1-12-7-9-14(10-8-12)21-17-6-4-3-5-16(17)19-18(20)15-11-13(15)2/h3-10,13,15H,11H2,1-2H3,(H,19,20). The van der Waals surface area contributed by atoms with E-state index >= 15 is 0 Å². The molecular formula is C18H19NO2. The van der Waals surface area contributed by atoms with E-state index in [-0.39, 0.29) is 11.8 Å². The van der Waals surface area contributed by atoms with Crippen molar-refractivity contribution >= 4 is 11.6 Å². The Morgan fingerprint density at radius 3 is 2.48 bits per heavy atom. The van der Waals surface area contributed by atoms with Crippen molar-refractivity contribution in [1.29, 1.82) is 0 Å². The molecule has 1 fully saturated rings. The summed E-state index contributed by atoms with van der Waals surface area (Å²) in [5.74, 6) is 2.17. The minimum absolute atomic E-state index is 0.0856. The highest BCUT2D eigenvalue weighted by Gasteiger charge is 2.39. The molecule has 3 heteroatoms. The molecule has 0 saturated heterocycles. The second-order valence-electron chi connectivity index (χ2n) is 5.72. The number of hydrogen-bond donors (Lipinski definition) is 1. The van der Waals surface area contributed by atoms with E-state index in [1.54, 1.807) is 0 Å². The van der Waals surface area contributed by atoms with Gasteiger partial charge in [-0.1, -0.05) is 36.8 Å². The normalized spacial score (nSPS) is 19.9. The van der Waals surface area contributed by atoms with Crippen molar-refractivity contribution < 1.29 is 9.53 Å². The zero-order valence-corrected chi connectivity index (χ0v) is 12.3. The summed E-state index contributed by atoms with van der Waals surface area (Å²) in [6, 6.07) is 15.4. The minimum atomic E-state index is 0.0856. The number of amides is 1. The van der Waals surface area contributed by atoms with E-state index in [0.29, 0.717) is 11.7 Å². The predicted octanol–water partition coefficient (Wildman–Crippen LogP) is 4.38. The van der Waals surface area contributed by atoms with E-state index in [1.807, 2.05) is 55.5 Å². The molecule has 3 rings (SSSR count). The molecule has 1 saturated carbocycles. The van der Waals surface area contributed by atoms with Gasteiger partial charge in [0.2, 0.25) is 5.91 Å². The fourth-order valence-corrected chi connectivity index (χ4v) is 2.31. The van der Waals surface area contributed by atoms with Gasteiger partial charge in [-0.3, -0.25) is 4.79 Å². The number of ether oxygens (including phenoxy) is 1. The van der Waals surface area contributed by atoms with Crippen molar-refractivity contribution in [3.05, 3.63) is 54.1 Å². The first-order valence-corrected chi connectivity index (χ1v) is 7.28. The molecular weight excluding hydrogens is 262 g/mol. The monoisotopic (exact) mass is 281 g/mol. The maximum absolute atomic E-state index is 12.1. The second kappa shape index (κ2) is 5.60. The van der Waals surface area contributed by atoms with Crippen LogP contribution in [0, 0.1) is 18.8 Å². The third-order valence-electron chi connectivity index (χ3n) is 3.84. The lowest BCUT2D eigenvalue weighted by molar-refractivity contribution is -0.117. The highest BCUT2D eigenvalue weighted by Crippen LogP contribution is 2.39. The second-order valence-corrected chi connectivity index (χ2v) is 5.72. The van der Waals surface area contributed by atoms with Gasteiger partial charge < -0.3 is 10.1 Å². The lowest BCUT2D eigenvalue weighted by atomic mass is 10.2. The highest BCUT2D eigenvalue weighted by atomic mass is 16.5. The average molecular weight is 281 g/mol. The number of hydrogen-bond acceptors (Lipinski definition) is 2. The SMILES string of the molecule is Cc1ccc(Oc2ccccc2NC(=O)C2CC2C)cc1. The molecule has 2 aromatic carbocycles. The number of carbonyl (C=O) groups is 1. The van der Waals surface area contributed by atoms with Crippen LogP contribution in [0.15, 0.2) is 48.5 Å². The van der Waals surface area contributed by atoms with Gasteiger partial charge in [0, 0.05) is 5.92 Å². The fraction of sp³-hybridized carbons (Fsp3) is 0.278. The molecule has 2 atom stereocenters. The summed E-state index contributed by atoms with van der Waals surface area (Å²) in [5.41, 5.74) is 1.91. The van der Waals surface area contributed by atoms with E-state index in [0.717, 1.165) is 17.9 Å². The molecule has 1 aliphatic rings. The summed E-state index contributed by atoms with van der Waals surface area (Å²) in [5, 5.41) is 2.97. The van der Waals surface area contributed by atoms with Gasteiger partial charge in [0.1, 0.15) is 5.75 Å². The summed E-state index contributed by atoms with van der Waals surface area (Å²) in [4.78, 5) is 12.1. The summed E-state index contributed by atoms with van der Waals surface area (Å²) < 4.78 is 5.88. The van der Waals surface area contributed by atoms with E-state index in [2.05, 4.69) is 12.2 Å². The van der Waals surface area contributed by atoms with Crippen molar-refractivity contribution in [3.8, 4) is 11.5 Å². The molecule has 0 heterocycles. The van der Waals surface area contributed by atoms with E-state index in [1.165, 1.54) is 5.56 Å². The zero-order chi connectivity index (χ0) is 14.8. The van der Waals surface area contributed by atoms with Crippen LogP contribution in [-0.2, 0) is 4.79 Å². The van der Waals surface area contributed by atoms with Gasteiger partial charge in [-0.15, -0.1) is 0 Å². The van der Waals surface area contributed by atoms with Crippen LogP contribution in [0.1, 0.15) is 18.9 Å². The Bertz CT molecular complexity index is 649. The Kier molecular flexibility index (Phi) is 3.65. The van der Waals surface area contributed by atoms with Crippen LogP contribution in [0.25, 0.3) is 0 Å². The van der Waals surface area contributed by atoms with E-state index < -0.39 is 0 Å². The van der Waals surface area contributed by atoms with Crippen LogP contribution in [0.2, 0.25) is 0 Å². The first-order valence-electron chi connectivity index (χ1n) is 7.28. The van der Waals surface area contributed by atoms with Crippen LogP contribution in [0.3, 0.4) is 0 Å². The van der Waals surface area contributed by atoms with Gasteiger partial charge in [0.25, 0.3) is 0 Å². The van der Waals surface area contributed by atoms with Gasteiger partial charge in [0.15, 0.2) is 5.75 Å². The maximum atomic E-state index is 12.1. The molecule has 1 N–H and O–H groups in total. The molecule has 2 unspecified atom stereocenters. The number of rotatable bonds is 4. The third-order valence-corrected chi connectivity index (χ3v) is 3.84. The van der Waals surface area contributed by atoms with E-state index in [4.69, 9.17) is 4.74 Å². The predicted molar refractivity (Wildman–Crippen MR) is 83.6 cm³/mol. The third kappa shape index (κ3) is 3.24. The van der Waals surface area contributed by atoms with Crippen molar-refractivity contribution in [2.24, 2.45) is 11.8 Å². The Balaban J connectivity index is 1.76. The lowest BCUT2D eigenvalue weighted by Crippen LogP contribution is -2.14. The Hall–Kier alpha value is -2.29. The summed E-state index contributed by atoms with van der Waals surface area (Å²) in [6.45, 7) is 4.13. The van der Waals surface area contributed by atoms with Crippen LogP contribution in [0.4, 0.5) is 5.69 Å². The van der Waals surface area contributed by atoms with Crippen LogP contribution >= 0.6 is 0 Å². The van der Waals surface area contributed by atoms with Crippen LogP contribution in [0.5, 0.6) is 11.5 Å². The number of carbonyl (C=O) groups excluding carboxylic acids is 1. The Labute approximate surface area is 124 Å². The number of anilines is 1. The quantitative estimate of drug-likeness (QED) is 0.903. The molecule has 0 radical (unpaired) electrons.